The number of carboxylic acid groups (broad SMARTS) is 1. The first-order valence-corrected chi connectivity index (χ1v) is 5.12. The summed E-state index contributed by atoms with van der Waals surface area (Å²) < 4.78 is 5.00. The van der Waals surface area contributed by atoms with Crippen LogP contribution in [0.3, 0.4) is 0 Å². The van der Waals surface area contributed by atoms with Crippen molar-refractivity contribution in [3.8, 4) is 11.3 Å². The highest BCUT2D eigenvalue weighted by Gasteiger charge is 2.13. The fourth-order valence-electron chi connectivity index (χ4n) is 1.41. The highest BCUT2D eigenvalue weighted by atomic mass is 35.5. The molecule has 0 amide bonds. The molecule has 0 aliphatic heterocycles. The first-order valence-electron chi connectivity index (χ1n) is 4.74. The van der Waals surface area contributed by atoms with Crippen molar-refractivity contribution in [3.63, 3.8) is 0 Å². The number of non-ortho nitro benzene ring substituents is 1. The summed E-state index contributed by atoms with van der Waals surface area (Å²) in [5.41, 5.74) is 0.213. The van der Waals surface area contributed by atoms with Crippen molar-refractivity contribution in [1.82, 2.24) is 0 Å². The quantitative estimate of drug-likeness (QED) is 0.624. The standard InChI is InChI=1S/C11H6ClNO5/c12-8-5-6(13(16)17)1-2-7(8)9-3-4-10(18-9)11(14)15/h1-5H,(H,14,15)/p-1. The molecule has 0 unspecified atom stereocenters. The summed E-state index contributed by atoms with van der Waals surface area (Å²) in [6.45, 7) is 0. The van der Waals surface area contributed by atoms with E-state index in [9.17, 15) is 20.0 Å². The van der Waals surface area contributed by atoms with Crippen molar-refractivity contribution < 1.29 is 19.2 Å². The zero-order valence-corrected chi connectivity index (χ0v) is 9.51. The summed E-state index contributed by atoms with van der Waals surface area (Å²) in [7, 11) is 0. The molecular formula is C11H5ClNO5-. The van der Waals surface area contributed by atoms with Crippen molar-refractivity contribution in [2.24, 2.45) is 0 Å². The van der Waals surface area contributed by atoms with E-state index in [0.29, 0.717) is 5.56 Å². The van der Waals surface area contributed by atoms with E-state index in [0.717, 1.165) is 6.07 Å². The predicted octanol–water partition coefficient (Wildman–Crippen LogP) is 1.87. The second kappa shape index (κ2) is 4.50. The molecule has 7 heteroatoms. The average molecular weight is 267 g/mol. The second-order valence-corrected chi connectivity index (χ2v) is 3.78. The van der Waals surface area contributed by atoms with Gasteiger partial charge in [-0.3, -0.25) is 10.1 Å². The molecule has 18 heavy (non-hydrogen) atoms. The number of carboxylic acids is 1. The summed E-state index contributed by atoms with van der Waals surface area (Å²) in [5.74, 6) is -1.58. The summed E-state index contributed by atoms with van der Waals surface area (Å²) in [5, 5.41) is 21.2. The molecule has 0 spiro atoms. The number of hydrogen-bond donors (Lipinski definition) is 0. The topological polar surface area (TPSA) is 96.4 Å². The molecule has 2 rings (SSSR count). The van der Waals surface area contributed by atoms with Crippen molar-refractivity contribution >= 4 is 23.3 Å². The van der Waals surface area contributed by atoms with Gasteiger partial charge in [0, 0.05) is 17.7 Å². The minimum absolute atomic E-state index is 0.100. The van der Waals surface area contributed by atoms with Gasteiger partial charge < -0.3 is 14.3 Å². The number of nitrogens with zero attached hydrogens (tertiary/aromatic N) is 1. The van der Waals surface area contributed by atoms with Gasteiger partial charge in [-0.25, -0.2) is 0 Å². The van der Waals surface area contributed by atoms with E-state index >= 15 is 0 Å². The third-order valence-corrected chi connectivity index (χ3v) is 2.55. The Kier molecular flexibility index (Phi) is 3.03. The van der Waals surface area contributed by atoms with Gasteiger partial charge >= 0.3 is 0 Å². The van der Waals surface area contributed by atoms with Crippen molar-refractivity contribution in [1.29, 1.82) is 0 Å². The number of furan rings is 1. The van der Waals surface area contributed by atoms with Crippen molar-refractivity contribution in [2.45, 2.75) is 0 Å². The molecule has 0 fully saturated rings. The van der Waals surface area contributed by atoms with E-state index in [-0.39, 0.29) is 22.2 Å². The lowest BCUT2D eigenvalue weighted by Gasteiger charge is -2.01. The van der Waals surface area contributed by atoms with Crippen LogP contribution in [-0.2, 0) is 0 Å². The van der Waals surface area contributed by atoms with E-state index in [1.807, 2.05) is 0 Å². The van der Waals surface area contributed by atoms with Gasteiger partial charge in [-0.2, -0.15) is 0 Å². The average Bonchev–Trinajstić information content (AvgIpc) is 2.78. The van der Waals surface area contributed by atoms with Crippen LogP contribution in [0.4, 0.5) is 5.69 Å². The number of nitro groups is 1. The molecule has 0 saturated heterocycles. The summed E-state index contributed by atoms with van der Waals surface area (Å²) >= 11 is 5.87. The van der Waals surface area contributed by atoms with Crippen LogP contribution in [0.25, 0.3) is 11.3 Å². The van der Waals surface area contributed by atoms with Crippen LogP contribution < -0.4 is 5.11 Å². The fraction of sp³-hybridized carbons (Fsp3) is 0. The molecule has 1 heterocycles. The lowest BCUT2D eigenvalue weighted by atomic mass is 10.1. The van der Waals surface area contributed by atoms with Gasteiger partial charge in [-0.05, 0) is 18.2 Å². The van der Waals surface area contributed by atoms with Gasteiger partial charge in [0.05, 0.1) is 9.95 Å². The molecule has 92 valence electrons. The van der Waals surface area contributed by atoms with Crippen LogP contribution in [0.2, 0.25) is 5.02 Å². The smallest absolute Gasteiger partial charge is 0.270 e. The van der Waals surface area contributed by atoms with E-state index < -0.39 is 10.9 Å². The minimum Gasteiger partial charge on any atom is -0.542 e. The normalized spacial score (nSPS) is 10.3. The number of benzene rings is 1. The highest BCUT2D eigenvalue weighted by Crippen LogP contribution is 2.32. The number of nitro benzene ring substituents is 1. The Hall–Kier alpha value is -2.34. The summed E-state index contributed by atoms with van der Waals surface area (Å²) in [6.07, 6.45) is 0. The molecular weight excluding hydrogens is 262 g/mol. The molecule has 2 aromatic rings. The maximum absolute atomic E-state index is 10.5. The number of aromatic carboxylic acids is 1. The Morgan fingerprint density at radius 2 is 2.00 bits per heavy atom. The largest absolute Gasteiger partial charge is 0.542 e. The first kappa shape index (κ1) is 12.1. The summed E-state index contributed by atoms with van der Waals surface area (Å²) in [6, 6.07) is 6.43. The van der Waals surface area contributed by atoms with Gasteiger partial charge in [-0.15, -0.1) is 0 Å². The number of carbonyl (C=O) groups is 1. The number of carbonyl (C=O) groups excluding carboxylic acids is 1. The third-order valence-electron chi connectivity index (χ3n) is 2.24. The molecule has 0 N–H and O–H groups in total. The molecule has 0 bridgehead atoms. The molecule has 0 aliphatic rings. The number of hydrogen-bond acceptors (Lipinski definition) is 5. The van der Waals surface area contributed by atoms with Gasteiger partial charge in [0.1, 0.15) is 17.5 Å². The lowest BCUT2D eigenvalue weighted by Crippen LogP contribution is -2.21. The molecule has 0 saturated carbocycles. The molecule has 0 radical (unpaired) electrons. The predicted molar refractivity (Wildman–Crippen MR) is 60.1 cm³/mol. The molecule has 0 aliphatic carbocycles. The molecule has 1 aromatic heterocycles. The molecule has 6 nitrogen and oxygen atoms in total. The fourth-order valence-corrected chi connectivity index (χ4v) is 1.68. The number of halogens is 1. The van der Waals surface area contributed by atoms with Gasteiger partial charge in [0.15, 0.2) is 0 Å². The Balaban J connectivity index is 2.44. The van der Waals surface area contributed by atoms with Crippen LogP contribution in [0.15, 0.2) is 34.7 Å². The van der Waals surface area contributed by atoms with Crippen LogP contribution in [0.5, 0.6) is 0 Å². The lowest BCUT2D eigenvalue weighted by molar-refractivity contribution is -0.384. The van der Waals surface area contributed by atoms with Gasteiger partial charge in [0.25, 0.3) is 5.69 Å². The Morgan fingerprint density at radius 1 is 1.28 bits per heavy atom. The summed E-state index contributed by atoms with van der Waals surface area (Å²) in [4.78, 5) is 20.5. The molecule has 0 atom stereocenters. The molecule has 1 aromatic carbocycles. The maximum Gasteiger partial charge on any atom is 0.270 e. The Morgan fingerprint density at radius 3 is 2.50 bits per heavy atom. The second-order valence-electron chi connectivity index (χ2n) is 3.37. The van der Waals surface area contributed by atoms with E-state index in [1.54, 1.807) is 0 Å². The zero-order valence-electron chi connectivity index (χ0n) is 8.75. The first-order chi connectivity index (χ1) is 8.49. The van der Waals surface area contributed by atoms with Crippen LogP contribution in [-0.4, -0.2) is 10.9 Å². The maximum atomic E-state index is 10.5. The van der Waals surface area contributed by atoms with E-state index in [1.165, 1.54) is 24.3 Å². The Bertz CT molecular complexity index is 634. The monoisotopic (exact) mass is 266 g/mol. The van der Waals surface area contributed by atoms with Crippen LogP contribution in [0.1, 0.15) is 10.6 Å². The van der Waals surface area contributed by atoms with Gasteiger partial charge in [0.2, 0.25) is 0 Å². The van der Waals surface area contributed by atoms with Crippen LogP contribution in [0, 0.1) is 10.1 Å². The van der Waals surface area contributed by atoms with E-state index in [4.69, 9.17) is 16.0 Å². The van der Waals surface area contributed by atoms with Gasteiger partial charge in [-0.1, -0.05) is 11.6 Å². The third kappa shape index (κ3) is 2.18. The van der Waals surface area contributed by atoms with Crippen LogP contribution >= 0.6 is 11.6 Å². The van der Waals surface area contributed by atoms with E-state index in [2.05, 4.69) is 0 Å². The number of rotatable bonds is 3. The minimum atomic E-state index is -1.45. The highest BCUT2D eigenvalue weighted by molar-refractivity contribution is 6.33. The Labute approximate surface area is 106 Å². The zero-order chi connectivity index (χ0) is 13.3. The van der Waals surface area contributed by atoms with Crippen molar-refractivity contribution in [2.75, 3.05) is 0 Å². The SMILES string of the molecule is O=C([O-])c1ccc(-c2ccc([N+](=O)[O-])cc2Cl)o1. The van der Waals surface area contributed by atoms with Crippen molar-refractivity contribution in [3.05, 3.63) is 51.2 Å².